The maximum Gasteiger partial charge on any atom is 0.215 e. The average molecular weight is 307 g/mol. The molecule has 0 unspecified atom stereocenters. The van der Waals surface area contributed by atoms with E-state index in [0.717, 1.165) is 29.2 Å². The Morgan fingerprint density at radius 3 is 2.48 bits per heavy atom. The maximum absolute atomic E-state index is 5.96. The Labute approximate surface area is 136 Å². The zero-order valence-electron chi connectivity index (χ0n) is 13.7. The van der Waals surface area contributed by atoms with Gasteiger partial charge in [0.15, 0.2) is 5.84 Å². The molecule has 0 bridgehead atoms. The normalized spacial score (nSPS) is 24.7. The number of fused-ring (bicyclic) bond motifs is 3. The third-order valence-electron chi connectivity index (χ3n) is 4.43. The highest BCUT2D eigenvalue weighted by atomic mass is 16.7. The first-order chi connectivity index (χ1) is 11.0. The summed E-state index contributed by atoms with van der Waals surface area (Å²) in [5, 5.41) is 8.09. The summed E-state index contributed by atoms with van der Waals surface area (Å²) in [6.07, 6.45) is 0.814. The minimum Gasteiger partial charge on any atom is -0.378 e. The second-order valence-corrected chi connectivity index (χ2v) is 7.09. The Bertz CT molecular complexity index is 769. The summed E-state index contributed by atoms with van der Waals surface area (Å²) in [5.41, 5.74) is 2.66. The quantitative estimate of drug-likeness (QED) is 0.858. The number of nitrogens with zero attached hydrogens (tertiary/aromatic N) is 2. The van der Waals surface area contributed by atoms with Gasteiger partial charge in [0.2, 0.25) is 5.72 Å². The van der Waals surface area contributed by atoms with Crippen molar-refractivity contribution in [3.63, 3.8) is 0 Å². The van der Waals surface area contributed by atoms with Crippen molar-refractivity contribution in [1.29, 1.82) is 0 Å². The molecule has 1 atom stereocenters. The largest absolute Gasteiger partial charge is 0.378 e. The van der Waals surface area contributed by atoms with Crippen LogP contribution in [0.5, 0.6) is 0 Å². The van der Waals surface area contributed by atoms with E-state index in [1.807, 2.05) is 18.2 Å². The molecule has 2 aliphatic rings. The van der Waals surface area contributed by atoms with Crippen LogP contribution in [0.1, 0.15) is 32.8 Å². The summed E-state index contributed by atoms with van der Waals surface area (Å²) in [4.78, 5) is 8.18. The number of nitrogens with one attached hydrogen (secondary N) is 1. The van der Waals surface area contributed by atoms with Gasteiger partial charge >= 0.3 is 0 Å². The van der Waals surface area contributed by atoms with Gasteiger partial charge in [-0.1, -0.05) is 47.6 Å². The summed E-state index contributed by atoms with van der Waals surface area (Å²) < 4.78 is 0. The number of para-hydroxylation sites is 2. The van der Waals surface area contributed by atoms with Gasteiger partial charge in [-0.05, 0) is 32.9 Å². The molecule has 118 valence electrons. The van der Waals surface area contributed by atoms with Gasteiger partial charge in [-0.25, -0.2) is 0 Å². The number of anilines is 2. The molecule has 0 saturated heterocycles. The van der Waals surface area contributed by atoms with Crippen molar-refractivity contribution in [2.75, 3.05) is 10.2 Å². The van der Waals surface area contributed by atoms with Crippen molar-refractivity contribution >= 4 is 17.2 Å². The van der Waals surface area contributed by atoms with Crippen LogP contribution in [0.3, 0.4) is 0 Å². The third-order valence-corrected chi connectivity index (χ3v) is 4.43. The van der Waals surface area contributed by atoms with Gasteiger partial charge in [0, 0.05) is 17.5 Å². The SMILES string of the molecule is CC1(C)C[C@]2(C)ON=C(c3ccccc3)N2c2ccccc2N1. The van der Waals surface area contributed by atoms with Gasteiger partial charge in [0.1, 0.15) is 0 Å². The van der Waals surface area contributed by atoms with Crippen LogP contribution >= 0.6 is 0 Å². The summed E-state index contributed by atoms with van der Waals surface area (Å²) in [7, 11) is 0. The van der Waals surface area contributed by atoms with Crippen LogP contribution in [0.25, 0.3) is 0 Å². The molecule has 0 aliphatic carbocycles. The van der Waals surface area contributed by atoms with E-state index < -0.39 is 5.72 Å². The summed E-state index contributed by atoms with van der Waals surface area (Å²) >= 11 is 0. The van der Waals surface area contributed by atoms with Gasteiger partial charge in [-0.2, -0.15) is 0 Å². The molecule has 2 heterocycles. The summed E-state index contributed by atoms with van der Waals surface area (Å²) in [6.45, 7) is 6.50. The zero-order valence-corrected chi connectivity index (χ0v) is 13.7. The van der Waals surface area contributed by atoms with Gasteiger partial charge in [0.05, 0.1) is 11.4 Å². The number of hydrogen-bond acceptors (Lipinski definition) is 4. The fourth-order valence-electron chi connectivity index (χ4n) is 3.70. The molecule has 4 heteroatoms. The molecule has 0 radical (unpaired) electrons. The Kier molecular flexibility index (Phi) is 2.92. The number of rotatable bonds is 1. The average Bonchev–Trinajstić information content (AvgIpc) is 2.80. The topological polar surface area (TPSA) is 36.9 Å². The van der Waals surface area contributed by atoms with Crippen LogP contribution in [0.4, 0.5) is 11.4 Å². The summed E-state index contributed by atoms with van der Waals surface area (Å²) in [5.74, 6) is 0.861. The highest BCUT2D eigenvalue weighted by Gasteiger charge is 2.49. The number of amidine groups is 1. The van der Waals surface area contributed by atoms with E-state index in [4.69, 9.17) is 4.84 Å². The monoisotopic (exact) mass is 307 g/mol. The van der Waals surface area contributed by atoms with E-state index in [-0.39, 0.29) is 5.54 Å². The van der Waals surface area contributed by atoms with Crippen molar-refractivity contribution in [1.82, 2.24) is 0 Å². The Balaban J connectivity index is 1.89. The minimum atomic E-state index is -0.506. The number of hydrogen-bond donors (Lipinski definition) is 1. The lowest BCUT2D eigenvalue weighted by Crippen LogP contribution is -2.50. The molecule has 4 rings (SSSR count). The number of oxime groups is 1. The van der Waals surface area contributed by atoms with Gasteiger partial charge in [0.25, 0.3) is 0 Å². The van der Waals surface area contributed by atoms with E-state index in [1.54, 1.807) is 0 Å². The molecule has 0 saturated carbocycles. The van der Waals surface area contributed by atoms with Gasteiger partial charge in [-0.3, -0.25) is 4.90 Å². The minimum absolute atomic E-state index is 0.0960. The molecule has 2 aromatic rings. The second kappa shape index (κ2) is 4.75. The molecule has 0 spiro atoms. The second-order valence-electron chi connectivity index (χ2n) is 7.09. The smallest absolute Gasteiger partial charge is 0.215 e. The molecular formula is C19H21N3O. The van der Waals surface area contributed by atoms with E-state index in [9.17, 15) is 0 Å². The van der Waals surface area contributed by atoms with Crippen molar-refractivity contribution in [2.24, 2.45) is 5.16 Å². The third kappa shape index (κ3) is 2.25. The lowest BCUT2D eigenvalue weighted by molar-refractivity contribution is -0.0171. The maximum atomic E-state index is 5.96. The Hall–Kier alpha value is -2.49. The van der Waals surface area contributed by atoms with E-state index in [0.29, 0.717) is 0 Å². The fourth-order valence-corrected chi connectivity index (χ4v) is 3.70. The first-order valence-corrected chi connectivity index (χ1v) is 7.98. The van der Waals surface area contributed by atoms with E-state index >= 15 is 0 Å². The van der Waals surface area contributed by atoms with E-state index in [1.165, 1.54) is 0 Å². The zero-order chi connectivity index (χ0) is 16.1. The molecule has 0 fully saturated rings. The Morgan fingerprint density at radius 1 is 1.00 bits per heavy atom. The predicted molar refractivity (Wildman–Crippen MR) is 93.7 cm³/mol. The van der Waals surface area contributed by atoms with Crippen molar-refractivity contribution in [2.45, 2.75) is 38.5 Å². The summed E-state index contributed by atoms with van der Waals surface area (Å²) in [6, 6.07) is 18.6. The standard InChI is InChI=1S/C19H21N3O/c1-18(2)13-19(3)22(16-12-8-7-11-15(16)20-18)17(21-23-19)14-9-5-4-6-10-14/h4-12,20H,13H2,1-3H3/t19-/m0/s1. The first-order valence-electron chi connectivity index (χ1n) is 7.98. The first kappa shape index (κ1) is 14.1. The highest BCUT2D eigenvalue weighted by molar-refractivity contribution is 6.12. The van der Waals surface area contributed by atoms with Crippen LogP contribution in [0.15, 0.2) is 59.8 Å². The van der Waals surface area contributed by atoms with Gasteiger partial charge in [-0.15, -0.1) is 0 Å². The highest BCUT2D eigenvalue weighted by Crippen LogP contribution is 2.45. The molecule has 23 heavy (non-hydrogen) atoms. The molecule has 2 aromatic carbocycles. The predicted octanol–water partition coefficient (Wildman–Crippen LogP) is 4.20. The van der Waals surface area contributed by atoms with Crippen molar-refractivity contribution in [3.05, 3.63) is 60.2 Å². The van der Waals surface area contributed by atoms with Crippen LogP contribution < -0.4 is 10.2 Å². The lowest BCUT2D eigenvalue weighted by Gasteiger charge is -2.36. The lowest BCUT2D eigenvalue weighted by atomic mass is 9.93. The van der Waals surface area contributed by atoms with E-state index in [2.05, 4.69) is 72.5 Å². The van der Waals surface area contributed by atoms with Crippen LogP contribution in [-0.4, -0.2) is 17.1 Å². The van der Waals surface area contributed by atoms with Crippen molar-refractivity contribution < 1.29 is 4.84 Å². The molecule has 4 nitrogen and oxygen atoms in total. The Morgan fingerprint density at radius 2 is 1.70 bits per heavy atom. The van der Waals surface area contributed by atoms with Crippen LogP contribution in [-0.2, 0) is 4.84 Å². The van der Waals surface area contributed by atoms with Crippen LogP contribution in [0, 0.1) is 0 Å². The molecule has 0 aromatic heterocycles. The molecule has 1 N–H and O–H groups in total. The fraction of sp³-hybridized carbons (Fsp3) is 0.316. The van der Waals surface area contributed by atoms with Gasteiger partial charge < -0.3 is 10.2 Å². The molecule has 2 aliphatic heterocycles. The van der Waals surface area contributed by atoms with Crippen LogP contribution in [0.2, 0.25) is 0 Å². The van der Waals surface area contributed by atoms with Crippen molar-refractivity contribution in [3.8, 4) is 0 Å². The molecular weight excluding hydrogens is 286 g/mol. The number of benzene rings is 2. The molecule has 0 amide bonds.